The third-order valence-electron chi connectivity index (χ3n) is 12.6. The number of hydrogen-bond acceptors (Lipinski definition) is 19. The maximum Gasteiger partial charge on any atom is 0.326 e. The molecule has 0 radical (unpaired) electrons. The van der Waals surface area contributed by atoms with Gasteiger partial charge in [-0.1, -0.05) is 34.1 Å². The van der Waals surface area contributed by atoms with Crippen molar-refractivity contribution < 1.29 is 83.1 Å². The molecule has 0 bridgehead atoms. The van der Waals surface area contributed by atoms with E-state index in [0.29, 0.717) is 38.0 Å². The third-order valence-corrected chi connectivity index (χ3v) is 13.2. The number of unbranched alkanes of at least 4 members (excludes halogenated alkanes) is 2. The Morgan fingerprint density at radius 2 is 0.855 bits per heavy atom. The Morgan fingerprint density at radius 3 is 1.27 bits per heavy atom. The van der Waals surface area contributed by atoms with Crippen LogP contribution in [-0.2, 0) is 64.0 Å². The molecule has 0 aliphatic heterocycles. The van der Waals surface area contributed by atoms with Gasteiger partial charge in [0.1, 0.15) is 54.4 Å². The number of aliphatic carboxylic acids is 3. The monoisotopic (exact) mass is 1200 g/mol. The summed E-state index contributed by atoms with van der Waals surface area (Å²) in [6.45, 7) is 5.31. The Balaban J connectivity index is 3.41. The van der Waals surface area contributed by atoms with E-state index in [1.165, 1.54) is 24.3 Å². The lowest BCUT2D eigenvalue weighted by Crippen LogP contribution is -2.61. The molecule has 32 heteroatoms. The molecule has 470 valence electrons. The van der Waals surface area contributed by atoms with Crippen LogP contribution in [0.3, 0.4) is 0 Å². The number of carbonyl (C=O) groups excluding carboxylic acids is 9. The van der Waals surface area contributed by atoms with Crippen molar-refractivity contribution in [3.05, 3.63) is 18.2 Å². The Kier molecular flexibility index (Phi) is 35.9. The highest BCUT2D eigenvalue weighted by atomic mass is 32.2. The lowest BCUT2D eigenvalue weighted by Gasteiger charge is -2.29. The Hall–Kier alpha value is -7.00. The van der Waals surface area contributed by atoms with Crippen LogP contribution in [0.2, 0.25) is 0 Å². The number of aromatic amines is 1. The Labute approximate surface area is 485 Å². The van der Waals surface area contributed by atoms with Gasteiger partial charge in [0.2, 0.25) is 53.2 Å². The number of carboxylic acids is 3. The summed E-state index contributed by atoms with van der Waals surface area (Å²) < 4.78 is 0. The van der Waals surface area contributed by atoms with Crippen LogP contribution in [-0.4, -0.2) is 205 Å². The highest BCUT2D eigenvalue weighted by Crippen LogP contribution is 2.13. The second-order valence-corrected chi connectivity index (χ2v) is 21.6. The summed E-state index contributed by atoms with van der Waals surface area (Å²) in [4.78, 5) is 165. The summed E-state index contributed by atoms with van der Waals surface area (Å²) in [6, 6.07) is -14.8. The second-order valence-electron chi connectivity index (χ2n) is 20.6. The van der Waals surface area contributed by atoms with Crippen molar-refractivity contribution in [2.24, 2.45) is 29.0 Å². The summed E-state index contributed by atoms with van der Waals surface area (Å²) in [7, 11) is 0. The number of aliphatic hydroxyl groups is 2. The molecule has 0 saturated carbocycles. The molecule has 1 aromatic rings. The fraction of sp³-hybridized carbons (Fsp3) is 0.706. The molecule has 0 aliphatic rings. The predicted molar refractivity (Wildman–Crippen MR) is 301 cm³/mol. The lowest BCUT2D eigenvalue weighted by atomic mass is 9.99. The second kappa shape index (κ2) is 40.3. The number of hydrogen-bond donors (Lipinski definition) is 18. The first-order valence-corrected chi connectivity index (χ1v) is 28.8. The summed E-state index contributed by atoms with van der Waals surface area (Å²) >= 11 is 1.38. The van der Waals surface area contributed by atoms with E-state index in [1.807, 2.05) is 0 Å². The van der Waals surface area contributed by atoms with Crippen LogP contribution < -0.4 is 65.1 Å². The molecule has 0 fully saturated rings. The van der Waals surface area contributed by atoms with Crippen LogP contribution in [0.1, 0.15) is 117 Å². The van der Waals surface area contributed by atoms with Gasteiger partial charge in [0, 0.05) is 31.2 Å². The summed E-state index contributed by atoms with van der Waals surface area (Å²) in [5.41, 5.74) is 17.6. The zero-order valence-electron chi connectivity index (χ0n) is 47.7. The van der Waals surface area contributed by atoms with Gasteiger partial charge in [0.25, 0.3) is 0 Å². The van der Waals surface area contributed by atoms with Crippen LogP contribution in [0.25, 0.3) is 0 Å². The fourth-order valence-electron chi connectivity index (χ4n) is 8.04. The normalized spacial score (nSPS) is 14.8. The first-order chi connectivity index (χ1) is 39.2. The number of thioether (sulfide) groups is 1. The zero-order chi connectivity index (χ0) is 62.8. The third kappa shape index (κ3) is 29.7. The number of carbonyl (C=O) groups is 12. The van der Waals surface area contributed by atoms with E-state index in [4.69, 9.17) is 22.3 Å². The minimum Gasteiger partial charge on any atom is -0.481 e. The van der Waals surface area contributed by atoms with Crippen molar-refractivity contribution in [3.63, 3.8) is 0 Å². The van der Waals surface area contributed by atoms with E-state index in [0.717, 1.165) is 0 Å². The number of nitrogens with two attached hydrogens (primary N) is 3. The standard InChI is InChI=1S/C51H88N14O17S/c1-27(2)20-35(62-44(74)32(12-14-40(68)69)59-45(75)33(16-19-83-5)57-42(72)30(54)10-6-8-17-52)46(76)58-31(11-7-9-18-53)43(73)61-36(21-28(3)4)47(77)64-39(25-67)50(80)65-38(24-66)49(79)63-37(22-29-23-55-26-56-29)48(78)60-34(51(81)82)13-15-41(70)71/h23,26-28,30-39,66-67H,6-22,24-25,52-54H2,1-5H3,(H,55,56)(H,57,72)(H,58,76)(H,59,75)(H,60,78)(H,61,73)(H,62,74)(H,63,79)(H,64,77)(H,65,80)(H,68,69)(H,70,71)(H,81,82)/t30-,31-,32-,33-,34-,35-,36-,37-,38-,39-/m0/s1. The van der Waals surface area contributed by atoms with Gasteiger partial charge in [-0.25, -0.2) is 9.78 Å². The van der Waals surface area contributed by atoms with Gasteiger partial charge in [-0.2, -0.15) is 11.8 Å². The number of imidazole rings is 1. The molecule has 10 atom stereocenters. The van der Waals surface area contributed by atoms with E-state index < -0.39 is 170 Å². The van der Waals surface area contributed by atoms with E-state index in [9.17, 15) is 78.0 Å². The molecule has 0 unspecified atom stereocenters. The van der Waals surface area contributed by atoms with E-state index in [2.05, 4.69) is 57.8 Å². The molecule has 31 nitrogen and oxygen atoms in total. The highest BCUT2D eigenvalue weighted by molar-refractivity contribution is 7.98. The minimum atomic E-state index is -1.85. The quantitative estimate of drug-likeness (QED) is 0.0274. The summed E-state index contributed by atoms with van der Waals surface area (Å²) in [5.74, 6) is -13.0. The van der Waals surface area contributed by atoms with E-state index in [-0.39, 0.29) is 62.6 Å². The molecule has 83 heavy (non-hydrogen) atoms. The molecule has 0 aromatic carbocycles. The average molecular weight is 1200 g/mol. The average Bonchev–Trinajstić information content (AvgIpc) is 3.98. The molecule has 1 heterocycles. The first-order valence-electron chi connectivity index (χ1n) is 27.4. The molecule has 9 amide bonds. The van der Waals surface area contributed by atoms with Crippen LogP contribution in [0, 0.1) is 11.8 Å². The maximum atomic E-state index is 14.2. The number of rotatable bonds is 44. The molecular weight excluding hydrogens is 1110 g/mol. The van der Waals surface area contributed by atoms with Gasteiger partial charge in [-0.15, -0.1) is 0 Å². The van der Waals surface area contributed by atoms with Crippen molar-refractivity contribution in [3.8, 4) is 0 Å². The number of amides is 9. The first kappa shape index (κ1) is 74.0. The van der Waals surface area contributed by atoms with Gasteiger partial charge < -0.3 is 95.6 Å². The number of aliphatic hydroxyl groups excluding tert-OH is 2. The Bertz CT molecular complexity index is 2260. The van der Waals surface area contributed by atoms with Gasteiger partial charge in [0.05, 0.1) is 25.6 Å². The van der Waals surface area contributed by atoms with Crippen LogP contribution >= 0.6 is 11.8 Å². The van der Waals surface area contributed by atoms with Crippen molar-refractivity contribution in [2.45, 2.75) is 178 Å². The largest absolute Gasteiger partial charge is 0.481 e. The molecule has 0 aliphatic carbocycles. The molecular formula is C51H88N14O17S. The predicted octanol–water partition coefficient (Wildman–Crippen LogP) is -4.46. The van der Waals surface area contributed by atoms with Crippen molar-refractivity contribution >= 4 is 82.8 Å². The molecule has 1 aromatic heterocycles. The highest BCUT2D eigenvalue weighted by Gasteiger charge is 2.36. The van der Waals surface area contributed by atoms with Crippen LogP contribution in [0.15, 0.2) is 12.5 Å². The van der Waals surface area contributed by atoms with Crippen LogP contribution in [0.5, 0.6) is 0 Å². The Morgan fingerprint density at radius 1 is 0.494 bits per heavy atom. The van der Waals surface area contributed by atoms with Gasteiger partial charge in [0.15, 0.2) is 0 Å². The summed E-state index contributed by atoms with van der Waals surface area (Å²) in [6.07, 6.45) is 4.02. The fourth-order valence-corrected chi connectivity index (χ4v) is 8.52. The molecule has 0 saturated heterocycles. The minimum absolute atomic E-state index is 0.0188. The molecule has 21 N–H and O–H groups in total. The van der Waals surface area contributed by atoms with Gasteiger partial charge in [-0.05, 0) is 101 Å². The van der Waals surface area contributed by atoms with Crippen molar-refractivity contribution in [1.82, 2.24) is 57.8 Å². The smallest absolute Gasteiger partial charge is 0.326 e. The van der Waals surface area contributed by atoms with Crippen LogP contribution in [0.4, 0.5) is 0 Å². The lowest BCUT2D eigenvalue weighted by molar-refractivity contribution is -0.143. The zero-order valence-corrected chi connectivity index (χ0v) is 48.6. The van der Waals surface area contributed by atoms with Crippen molar-refractivity contribution in [1.29, 1.82) is 0 Å². The maximum absolute atomic E-state index is 14.2. The summed E-state index contributed by atoms with van der Waals surface area (Å²) in [5, 5.41) is 70.6. The van der Waals surface area contributed by atoms with E-state index in [1.54, 1.807) is 34.0 Å². The SMILES string of the molecule is CSCC[C@H](NC(=O)[C@@H](N)CCCCN)C(=O)N[C@@H](CCC(=O)O)C(=O)N[C@@H](CC(C)C)C(=O)N[C@@H](CCCCN)C(=O)N[C@@H](CC(C)C)C(=O)N[C@@H](CO)C(=O)N[C@@H](CO)C(=O)N[C@@H](Cc1cnc[nH]1)C(=O)N[C@@H](CCC(=O)O)C(=O)O. The molecule has 0 spiro atoms. The van der Waals surface area contributed by atoms with E-state index >= 15 is 0 Å². The van der Waals surface area contributed by atoms with Crippen molar-refractivity contribution in [2.75, 3.05) is 38.3 Å². The topological polar surface area (TPSA) is 521 Å². The number of nitrogens with one attached hydrogen (secondary N) is 10. The molecule has 1 rings (SSSR count). The number of nitrogens with zero attached hydrogens (tertiary/aromatic N) is 1. The number of carboxylic acid groups (broad SMARTS) is 3. The number of H-pyrrole nitrogens is 1. The number of aromatic nitrogens is 2. The van der Waals surface area contributed by atoms with Gasteiger partial charge >= 0.3 is 17.9 Å². The van der Waals surface area contributed by atoms with Gasteiger partial charge in [-0.3, -0.25) is 52.7 Å².